The highest BCUT2D eigenvalue weighted by Gasteiger charge is 2.49. The first-order valence-corrected chi connectivity index (χ1v) is 16.5. The molecule has 1 spiro atoms. The number of rotatable bonds is 2. The number of hydrogen-bond acceptors (Lipinski definition) is 3. The lowest BCUT2D eigenvalue weighted by molar-refractivity contribution is 0.722. The van der Waals surface area contributed by atoms with E-state index in [1.807, 2.05) is 17.8 Å². The summed E-state index contributed by atoms with van der Waals surface area (Å²) in [5.41, 5.74) is 13.7. The lowest BCUT2D eigenvalue weighted by Crippen LogP contribution is -2.31. The third-order valence-corrected chi connectivity index (χ3v) is 10.9. The fraction of sp³-hybridized carbons (Fsp3) is 0.0233. The fourth-order valence-electron chi connectivity index (χ4n) is 7.72. The Kier molecular flexibility index (Phi) is 5.46. The van der Waals surface area contributed by atoms with Crippen LogP contribution in [0.15, 0.2) is 168 Å². The number of benzene rings is 6. The van der Waals surface area contributed by atoms with Gasteiger partial charge >= 0.3 is 0 Å². The van der Waals surface area contributed by atoms with Gasteiger partial charge in [0.2, 0.25) is 0 Å². The van der Waals surface area contributed by atoms with Gasteiger partial charge < -0.3 is 0 Å². The summed E-state index contributed by atoms with van der Waals surface area (Å²) in [6.45, 7) is 0. The molecule has 8 aromatic rings. The number of pyridine rings is 2. The predicted molar refractivity (Wildman–Crippen MR) is 189 cm³/mol. The summed E-state index contributed by atoms with van der Waals surface area (Å²) in [5.74, 6) is 0. The molecule has 0 saturated heterocycles. The van der Waals surface area contributed by atoms with E-state index < -0.39 is 0 Å². The Bertz CT molecular complexity index is 2470. The minimum absolute atomic E-state index is 0.367. The lowest BCUT2D eigenvalue weighted by Gasteiger charge is -2.39. The molecular weight excluding hydrogens is 577 g/mol. The van der Waals surface area contributed by atoms with Gasteiger partial charge in [0.15, 0.2) is 0 Å². The van der Waals surface area contributed by atoms with Crippen LogP contribution in [0, 0.1) is 0 Å². The third kappa shape index (κ3) is 3.55. The van der Waals surface area contributed by atoms with E-state index in [2.05, 4.69) is 152 Å². The quantitative estimate of drug-likeness (QED) is 0.184. The van der Waals surface area contributed by atoms with E-state index in [1.165, 1.54) is 43.2 Å². The van der Waals surface area contributed by atoms with Gasteiger partial charge in [0.25, 0.3) is 0 Å². The van der Waals surface area contributed by atoms with Crippen LogP contribution >= 0.6 is 11.8 Å². The molecule has 2 nitrogen and oxygen atoms in total. The van der Waals surface area contributed by atoms with Crippen molar-refractivity contribution in [1.29, 1.82) is 0 Å². The lowest BCUT2D eigenvalue weighted by atomic mass is 9.67. The van der Waals surface area contributed by atoms with Gasteiger partial charge in [-0.15, -0.1) is 0 Å². The van der Waals surface area contributed by atoms with Gasteiger partial charge in [-0.2, -0.15) is 0 Å². The maximum atomic E-state index is 5.29. The molecule has 214 valence electrons. The summed E-state index contributed by atoms with van der Waals surface area (Å²) in [6, 6.07) is 57.1. The van der Waals surface area contributed by atoms with Crippen molar-refractivity contribution in [3.8, 4) is 33.6 Å². The zero-order valence-corrected chi connectivity index (χ0v) is 25.6. The monoisotopic (exact) mass is 602 g/mol. The van der Waals surface area contributed by atoms with Crippen molar-refractivity contribution in [2.45, 2.75) is 15.2 Å². The molecule has 0 amide bonds. The van der Waals surface area contributed by atoms with E-state index in [1.54, 1.807) is 0 Å². The van der Waals surface area contributed by atoms with Crippen molar-refractivity contribution >= 4 is 33.6 Å². The zero-order valence-electron chi connectivity index (χ0n) is 24.8. The highest BCUT2D eigenvalue weighted by molar-refractivity contribution is 7.99. The van der Waals surface area contributed by atoms with Crippen molar-refractivity contribution in [2.24, 2.45) is 0 Å². The van der Waals surface area contributed by atoms with Crippen molar-refractivity contribution in [2.75, 3.05) is 0 Å². The SMILES string of the molecule is c1ccc(-c2ccc3ccc4ccc(-c5ccc6c(c5)Sc5ccccc5C65c6ccccc6-c6ccccc65)nc4c3n2)cc1. The topological polar surface area (TPSA) is 25.8 Å². The van der Waals surface area contributed by atoms with Crippen LogP contribution in [0.25, 0.3) is 55.4 Å². The second-order valence-electron chi connectivity index (χ2n) is 12.1. The Hall–Kier alpha value is -5.51. The zero-order chi connectivity index (χ0) is 30.2. The average Bonchev–Trinajstić information content (AvgIpc) is 3.42. The van der Waals surface area contributed by atoms with Crippen LogP contribution in [0.2, 0.25) is 0 Å². The van der Waals surface area contributed by atoms with Crippen LogP contribution in [0.5, 0.6) is 0 Å². The van der Waals surface area contributed by atoms with E-state index in [0.29, 0.717) is 0 Å². The predicted octanol–water partition coefficient (Wildman–Crippen LogP) is 10.9. The number of aromatic nitrogens is 2. The highest BCUT2D eigenvalue weighted by atomic mass is 32.2. The molecule has 0 bridgehead atoms. The summed E-state index contributed by atoms with van der Waals surface area (Å²) in [7, 11) is 0. The van der Waals surface area contributed by atoms with E-state index >= 15 is 0 Å². The van der Waals surface area contributed by atoms with E-state index in [4.69, 9.17) is 9.97 Å². The van der Waals surface area contributed by atoms with Crippen LogP contribution in [-0.4, -0.2) is 9.97 Å². The summed E-state index contributed by atoms with van der Waals surface area (Å²) < 4.78 is 0. The fourth-order valence-corrected chi connectivity index (χ4v) is 8.95. The van der Waals surface area contributed by atoms with E-state index in [9.17, 15) is 0 Å². The molecule has 3 heterocycles. The van der Waals surface area contributed by atoms with Crippen molar-refractivity contribution in [3.63, 3.8) is 0 Å². The molecular formula is C43H26N2S. The molecule has 46 heavy (non-hydrogen) atoms. The second kappa shape index (κ2) is 9.74. The van der Waals surface area contributed by atoms with Crippen LogP contribution in [0.4, 0.5) is 0 Å². The number of nitrogens with zero attached hydrogens (tertiary/aromatic N) is 2. The first kappa shape index (κ1) is 25.8. The summed E-state index contributed by atoms with van der Waals surface area (Å²) in [4.78, 5) is 13.0. The molecule has 1 aliphatic carbocycles. The van der Waals surface area contributed by atoms with E-state index in [0.717, 1.165) is 44.3 Å². The van der Waals surface area contributed by atoms with Crippen molar-refractivity contribution in [1.82, 2.24) is 9.97 Å². The average molecular weight is 603 g/mol. The van der Waals surface area contributed by atoms with Gasteiger partial charge in [-0.25, -0.2) is 9.97 Å². The molecule has 0 N–H and O–H groups in total. The van der Waals surface area contributed by atoms with Crippen LogP contribution in [-0.2, 0) is 5.41 Å². The molecule has 0 fully saturated rings. The second-order valence-corrected chi connectivity index (χ2v) is 13.2. The van der Waals surface area contributed by atoms with Crippen LogP contribution < -0.4 is 0 Å². The molecule has 10 rings (SSSR count). The maximum absolute atomic E-state index is 5.29. The number of hydrogen-bond donors (Lipinski definition) is 0. The minimum Gasteiger partial charge on any atom is -0.245 e. The highest BCUT2D eigenvalue weighted by Crippen LogP contribution is 2.62. The standard InChI is InChI=1S/C43H26N2S/c1-2-10-27(11-3-1)37-24-21-28-18-19-29-22-25-38(45-42(29)41(28)44-37)30-20-23-36-40(26-30)46-39-17-9-8-16-35(39)43(36)33-14-6-4-12-31(33)32-13-5-7-15-34(32)43/h1-26H. The molecule has 3 heteroatoms. The molecule has 0 atom stereocenters. The summed E-state index contributed by atoms with van der Waals surface area (Å²) in [5, 5.41) is 2.18. The smallest absolute Gasteiger partial charge is 0.0972 e. The maximum Gasteiger partial charge on any atom is 0.0972 e. The largest absolute Gasteiger partial charge is 0.245 e. The molecule has 6 aromatic carbocycles. The Balaban J connectivity index is 1.18. The molecule has 0 saturated carbocycles. The Morgan fingerprint density at radius 1 is 0.391 bits per heavy atom. The normalized spacial score (nSPS) is 13.7. The van der Waals surface area contributed by atoms with Gasteiger partial charge in [-0.3, -0.25) is 0 Å². The minimum atomic E-state index is -0.367. The molecule has 0 unspecified atom stereocenters. The van der Waals surface area contributed by atoms with E-state index in [-0.39, 0.29) is 5.41 Å². The summed E-state index contributed by atoms with van der Waals surface area (Å²) >= 11 is 1.87. The molecule has 2 aromatic heterocycles. The third-order valence-electron chi connectivity index (χ3n) is 9.73. The van der Waals surface area contributed by atoms with Gasteiger partial charge in [0.1, 0.15) is 0 Å². The Morgan fingerprint density at radius 3 is 1.59 bits per heavy atom. The molecule has 0 radical (unpaired) electrons. The van der Waals surface area contributed by atoms with Gasteiger partial charge in [0, 0.05) is 31.7 Å². The first-order valence-electron chi connectivity index (χ1n) is 15.7. The van der Waals surface area contributed by atoms with Crippen LogP contribution in [0.3, 0.4) is 0 Å². The van der Waals surface area contributed by atoms with Crippen molar-refractivity contribution in [3.05, 3.63) is 180 Å². The van der Waals surface area contributed by atoms with Gasteiger partial charge in [0.05, 0.1) is 27.8 Å². The van der Waals surface area contributed by atoms with Crippen molar-refractivity contribution < 1.29 is 0 Å². The van der Waals surface area contributed by atoms with Gasteiger partial charge in [-0.1, -0.05) is 145 Å². The van der Waals surface area contributed by atoms with Crippen LogP contribution in [0.1, 0.15) is 22.3 Å². The summed E-state index contributed by atoms with van der Waals surface area (Å²) in [6.07, 6.45) is 0. The Morgan fingerprint density at radius 2 is 0.913 bits per heavy atom. The Labute approximate surface area is 271 Å². The molecule has 1 aliphatic heterocycles. The first-order chi connectivity index (χ1) is 22.8. The molecule has 2 aliphatic rings. The van der Waals surface area contributed by atoms with Gasteiger partial charge in [-0.05, 0) is 57.6 Å². The number of fused-ring (bicyclic) bond motifs is 12.